The van der Waals surface area contributed by atoms with Crippen LogP contribution >= 0.6 is 0 Å². The van der Waals surface area contributed by atoms with Crippen LogP contribution in [-0.4, -0.2) is 40.1 Å². The Morgan fingerprint density at radius 2 is 1.28 bits per heavy atom. The quantitative estimate of drug-likeness (QED) is 0.0969. The molecule has 36 heavy (non-hydrogen) atoms. The Kier molecular flexibility index (Phi) is 12.9. The summed E-state index contributed by atoms with van der Waals surface area (Å²) in [6, 6.07) is 5.55. The molecule has 2 aromatic rings. The van der Waals surface area contributed by atoms with Crippen molar-refractivity contribution < 1.29 is 28.6 Å². The first-order valence-corrected chi connectivity index (χ1v) is 13.1. The third-order valence-electron chi connectivity index (χ3n) is 6.28. The van der Waals surface area contributed by atoms with Crippen molar-refractivity contribution in [1.82, 2.24) is 0 Å². The third-order valence-corrected chi connectivity index (χ3v) is 6.28. The molecule has 0 fully saturated rings. The highest BCUT2D eigenvalue weighted by Gasteiger charge is 2.24. The molecule has 200 valence electrons. The van der Waals surface area contributed by atoms with E-state index in [0.29, 0.717) is 53.5 Å². The number of rotatable bonds is 17. The van der Waals surface area contributed by atoms with E-state index in [1.54, 1.807) is 28.4 Å². The number of hydrogen-bond donors (Lipinski definition) is 0. The summed E-state index contributed by atoms with van der Waals surface area (Å²) in [6.45, 7) is 4.17. The molecule has 0 aromatic heterocycles. The second-order valence-electron chi connectivity index (χ2n) is 8.86. The minimum absolute atomic E-state index is 0.317. The van der Waals surface area contributed by atoms with Gasteiger partial charge in [0.05, 0.1) is 44.9 Å². The van der Waals surface area contributed by atoms with E-state index in [2.05, 4.69) is 12.1 Å². The van der Waals surface area contributed by atoms with Gasteiger partial charge in [0.1, 0.15) is 23.0 Å². The SMILES string of the molecule is CCCCCCCCCCC(=NOC(=O)CCC)c1cc(OC)c2c(OC)ccc(OC)c2c1OC. The molecule has 0 unspecified atom stereocenters. The van der Waals surface area contributed by atoms with Crippen LogP contribution in [0, 0.1) is 0 Å². The average molecular weight is 502 g/mol. The Morgan fingerprint density at radius 1 is 0.694 bits per heavy atom. The molecule has 0 atom stereocenters. The van der Waals surface area contributed by atoms with Gasteiger partial charge in [-0.2, -0.15) is 0 Å². The van der Waals surface area contributed by atoms with Crippen molar-refractivity contribution in [2.45, 2.75) is 84.5 Å². The zero-order chi connectivity index (χ0) is 26.3. The van der Waals surface area contributed by atoms with Crippen LogP contribution < -0.4 is 18.9 Å². The van der Waals surface area contributed by atoms with Gasteiger partial charge in [0, 0.05) is 12.0 Å². The van der Waals surface area contributed by atoms with E-state index >= 15 is 0 Å². The zero-order valence-corrected chi connectivity index (χ0v) is 22.9. The third kappa shape index (κ3) is 7.77. The van der Waals surface area contributed by atoms with E-state index in [4.69, 9.17) is 23.8 Å². The lowest BCUT2D eigenvalue weighted by atomic mass is 9.96. The predicted octanol–water partition coefficient (Wildman–Crippen LogP) is 7.45. The van der Waals surface area contributed by atoms with Crippen molar-refractivity contribution in [3.63, 3.8) is 0 Å². The lowest BCUT2D eigenvalue weighted by Crippen LogP contribution is -2.09. The molecule has 0 spiro atoms. The number of carbonyl (C=O) groups excluding carboxylic acids is 1. The number of carbonyl (C=O) groups is 1. The standard InChI is InChI=1S/C29H43NO6/c1-7-9-10-11-12-13-14-15-17-22(30-36-26(31)16-8-2)21-20-25(34-5)27-23(32-3)18-19-24(33-4)28(27)29(21)35-6/h18-20H,7-17H2,1-6H3. The number of fused-ring (bicyclic) bond motifs is 1. The van der Waals surface area contributed by atoms with Gasteiger partial charge in [-0.3, -0.25) is 0 Å². The van der Waals surface area contributed by atoms with Crippen molar-refractivity contribution in [2.75, 3.05) is 28.4 Å². The molecule has 0 saturated carbocycles. The Balaban J connectivity index is 2.46. The molecule has 0 aliphatic heterocycles. The minimum Gasteiger partial charge on any atom is -0.496 e. The van der Waals surface area contributed by atoms with E-state index in [9.17, 15) is 4.79 Å². The number of ether oxygens (including phenoxy) is 4. The van der Waals surface area contributed by atoms with Crippen molar-refractivity contribution in [3.05, 3.63) is 23.8 Å². The fraction of sp³-hybridized carbons (Fsp3) is 0.586. The van der Waals surface area contributed by atoms with Crippen LogP contribution in [-0.2, 0) is 9.63 Å². The molecule has 0 heterocycles. The molecule has 0 N–H and O–H groups in total. The van der Waals surface area contributed by atoms with E-state index < -0.39 is 0 Å². The van der Waals surface area contributed by atoms with E-state index in [1.165, 1.54) is 38.5 Å². The van der Waals surface area contributed by atoms with Gasteiger partial charge in [-0.25, -0.2) is 4.79 Å². The summed E-state index contributed by atoms with van der Waals surface area (Å²) in [7, 11) is 6.45. The summed E-state index contributed by atoms with van der Waals surface area (Å²) >= 11 is 0. The second kappa shape index (κ2) is 15.9. The number of methoxy groups -OCH3 is 4. The number of oxime groups is 1. The molecule has 0 amide bonds. The minimum atomic E-state index is -0.350. The molecule has 7 nitrogen and oxygen atoms in total. The summed E-state index contributed by atoms with van der Waals surface area (Å²) < 4.78 is 22.9. The Hall–Kier alpha value is -2.96. The van der Waals surface area contributed by atoms with Crippen LogP contribution in [0.2, 0.25) is 0 Å². The van der Waals surface area contributed by atoms with Gasteiger partial charge in [-0.1, -0.05) is 63.9 Å². The summed E-state index contributed by atoms with van der Waals surface area (Å²) in [4.78, 5) is 17.4. The zero-order valence-electron chi connectivity index (χ0n) is 22.9. The topological polar surface area (TPSA) is 75.6 Å². The normalized spacial score (nSPS) is 11.4. The number of benzene rings is 2. The van der Waals surface area contributed by atoms with Gasteiger partial charge in [0.25, 0.3) is 0 Å². The molecule has 7 heteroatoms. The van der Waals surface area contributed by atoms with Gasteiger partial charge in [-0.15, -0.1) is 0 Å². The van der Waals surface area contributed by atoms with Crippen molar-refractivity contribution in [2.24, 2.45) is 5.16 Å². The predicted molar refractivity (Wildman–Crippen MR) is 145 cm³/mol. The van der Waals surface area contributed by atoms with Gasteiger partial charge >= 0.3 is 5.97 Å². The van der Waals surface area contributed by atoms with Crippen molar-refractivity contribution in [3.8, 4) is 23.0 Å². The smallest absolute Gasteiger partial charge is 0.335 e. The Bertz CT molecular complexity index is 1000. The van der Waals surface area contributed by atoms with Gasteiger partial charge < -0.3 is 23.8 Å². The van der Waals surface area contributed by atoms with Gasteiger partial charge in [0.15, 0.2) is 0 Å². The number of hydrogen-bond acceptors (Lipinski definition) is 7. The van der Waals surface area contributed by atoms with E-state index in [-0.39, 0.29) is 5.97 Å². The first-order chi connectivity index (χ1) is 17.6. The van der Waals surface area contributed by atoms with Crippen LogP contribution in [0.5, 0.6) is 23.0 Å². The van der Waals surface area contributed by atoms with Crippen molar-refractivity contribution in [1.29, 1.82) is 0 Å². The molecule has 0 saturated heterocycles. The lowest BCUT2D eigenvalue weighted by molar-refractivity contribution is -0.143. The Labute approximate surface area is 216 Å². The monoisotopic (exact) mass is 501 g/mol. The maximum absolute atomic E-state index is 12.1. The highest BCUT2D eigenvalue weighted by atomic mass is 16.7. The van der Waals surface area contributed by atoms with Crippen LogP contribution in [0.1, 0.15) is 90.0 Å². The molecule has 0 bridgehead atoms. The number of unbranched alkanes of at least 4 members (excludes halogenated alkanes) is 7. The van der Waals surface area contributed by atoms with E-state index in [0.717, 1.165) is 23.6 Å². The highest BCUT2D eigenvalue weighted by molar-refractivity contribution is 6.12. The van der Waals surface area contributed by atoms with Crippen LogP contribution in [0.15, 0.2) is 23.4 Å². The first-order valence-electron chi connectivity index (χ1n) is 13.1. The van der Waals surface area contributed by atoms with E-state index in [1.807, 2.05) is 25.1 Å². The molecular formula is C29H43NO6. The molecule has 0 aliphatic rings. The van der Waals surface area contributed by atoms with Crippen molar-refractivity contribution >= 4 is 22.5 Å². The summed E-state index contributed by atoms with van der Waals surface area (Å²) in [5.41, 5.74) is 1.35. The van der Waals surface area contributed by atoms with Gasteiger partial charge in [0.2, 0.25) is 0 Å². The summed E-state index contributed by atoms with van der Waals surface area (Å²) in [6.07, 6.45) is 11.2. The molecule has 0 radical (unpaired) electrons. The fourth-order valence-corrected chi connectivity index (χ4v) is 4.38. The summed E-state index contributed by atoms with van der Waals surface area (Å²) in [5.74, 6) is 2.09. The molecular weight excluding hydrogens is 458 g/mol. The molecule has 2 aromatic carbocycles. The molecule has 2 rings (SSSR count). The maximum atomic E-state index is 12.1. The lowest BCUT2D eigenvalue weighted by Gasteiger charge is -2.19. The summed E-state index contributed by atoms with van der Waals surface area (Å²) in [5, 5.41) is 5.78. The largest absolute Gasteiger partial charge is 0.496 e. The first kappa shape index (κ1) is 29.3. The van der Waals surface area contributed by atoms with Crippen LogP contribution in [0.25, 0.3) is 10.8 Å². The fourth-order valence-electron chi connectivity index (χ4n) is 4.38. The van der Waals surface area contributed by atoms with Gasteiger partial charge in [-0.05, 0) is 37.5 Å². The second-order valence-corrected chi connectivity index (χ2v) is 8.86. The van der Waals surface area contributed by atoms with Crippen LogP contribution in [0.4, 0.5) is 0 Å². The Morgan fingerprint density at radius 3 is 1.83 bits per heavy atom. The number of nitrogens with zero attached hydrogens (tertiary/aromatic N) is 1. The highest BCUT2D eigenvalue weighted by Crippen LogP contribution is 2.46. The maximum Gasteiger partial charge on any atom is 0.335 e. The molecule has 0 aliphatic carbocycles. The average Bonchev–Trinajstić information content (AvgIpc) is 2.90. The van der Waals surface area contributed by atoms with Crippen LogP contribution in [0.3, 0.4) is 0 Å².